The normalized spacial score (nSPS) is 14.5. The number of rotatable bonds is 9. The number of nitro benzene ring substituents is 1. The van der Waals surface area contributed by atoms with Crippen LogP contribution in [-0.4, -0.2) is 45.2 Å². The summed E-state index contributed by atoms with van der Waals surface area (Å²) in [5, 5.41) is 16.6. The maximum Gasteiger partial charge on any atom is 0.338 e. The van der Waals surface area contributed by atoms with E-state index < -0.39 is 16.9 Å². The monoisotopic (exact) mass is 667 g/mol. The second-order valence-corrected chi connectivity index (χ2v) is 12.3. The molecule has 0 saturated heterocycles. The van der Waals surface area contributed by atoms with Gasteiger partial charge in [-0.05, 0) is 68.1 Å². The number of fused-ring (bicyclic) bond motifs is 1. The van der Waals surface area contributed by atoms with Crippen LogP contribution in [0.3, 0.4) is 0 Å². The van der Waals surface area contributed by atoms with Crippen molar-refractivity contribution in [2.24, 2.45) is 4.99 Å². The molecule has 0 saturated carbocycles. The average molecular weight is 668 g/mol. The van der Waals surface area contributed by atoms with Gasteiger partial charge in [-0.25, -0.2) is 14.5 Å². The Labute approximate surface area is 277 Å². The molecule has 1 atom stereocenters. The number of nitrogens with zero attached hydrogens (tertiary/aromatic N) is 5. The van der Waals surface area contributed by atoms with E-state index in [0.29, 0.717) is 37.4 Å². The largest absolute Gasteiger partial charge is 0.490 e. The first-order valence-corrected chi connectivity index (χ1v) is 16.6. The van der Waals surface area contributed by atoms with E-state index in [4.69, 9.17) is 14.6 Å². The zero-order chi connectivity index (χ0) is 33.2. The maximum atomic E-state index is 14.3. The second kappa shape index (κ2) is 13.2. The predicted molar refractivity (Wildman–Crippen MR) is 181 cm³/mol. The number of ether oxygens (including phenoxy) is 2. The lowest BCUT2D eigenvalue weighted by molar-refractivity contribution is -0.385. The fourth-order valence-electron chi connectivity index (χ4n) is 5.44. The topological polar surface area (TPSA) is 131 Å². The van der Waals surface area contributed by atoms with Gasteiger partial charge in [0, 0.05) is 28.3 Å². The van der Waals surface area contributed by atoms with Crippen molar-refractivity contribution in [1.82, 2.24) is 14.3 Å². The summed E-state index contributed by atoms with van der Waals surface area (Å²) < 4.78 is 14.2. The van der Waals surface area contributed by atoms with Crippen LogP contribution in [0.25, 0.3) is 23.0 Å². The highest BCUT2D eigenvalue weighted by atomic mass is 32.2. The standard InChI is InChI=1S/C34H29N5O6S2/c1-5-45-33(41)29-20(2)35-34-38(31(29)21-11-14-25(46-4)15-12-21)32(40)28(47-34)18-23-19-37(24-9-7-6-8-10-24)36-30(23)22-13-16-27(44-3)26(17-22)39(42)43/h6-19,31H,5H2,1-4H3. The molecule has 0 aliphatic carbocycles. The van der Waals surface area contributed by atoms with E-state index in [1.807, 2.05) is 60.9 Å². The van der Waals surface area contributed by atoms with Gasteiger partial charge in [0.15, 0.2) is 10.6 Å². The molecule has 0 spiro atoms. The van der Waals surface area contributed by atoms with E-state index in [2.05, 4.69) is 4.99 Å². The number of aromatic nitrogens is 3. The fraction of sp³-hybridized carbons (Fsp3) is 0.176. The highest BCUT2D eigenvalue weighted by molar-refractivity contribution is 7.98. The third kappa shape index (κ3) is 6.02. The Kier molecular flexibility index (Phi) is 8.92. The molecule has 1 aliphatic heterocycles. The highest BCUT2D eigenvalue weighted by Crippen LogP contribution is 2.34. The number of carbonyl (C=O) groups is 1. The van der Waals surface area contributed by atoms with E-state index in [-0.39, 0.29) is 23.6 Å². The van der Waals surface area contributed by atoms with Crippen LogP contribution >= 0.6 is 23.1 Å². The van der Waals surface area contributed by atoms with Crippen LogP contribution in [-0.2, 0) is 9.53 Å². The number of hydrogen-bond acceptors (Lipinski definition) is 10. The minimum Gasteiger partial charge on any atom is -0.490 e. The third-order valence-electron chi connectivity index (χ3n) is 7.65. The molecular formula is C34H29N5O6S2. The number of benzene rings is 3. The molecule has 47 heavy (non-hydrogen) atoms. The molecule has 13 heteroatoms. The zero-order valence-corrected chi connectivity index (χ0v) is 27.5. The molecule has 5 aromatic rings. The van der Waals surface area contributed by atoms with Crippen molar-refractivity contribution in [3.63, 3.8) is 0 Å². The average Bonchev–Trinajstić information content (AvgIpc) is 3.64. The summed E-state index contributed by atoms with van der Waals surface area (Å²) in [5.41, 5.74) is 3.18. The van der Waals surface area contributed by atoms with Crippen LogP contribution in [0.1, 0.15) is 31.0 Å². The Bertz CT molecular complexity index is 2220. The van der Waals surface area contributed by atoms with Gasteiger partial charge in [-0.1, -0.05) is 41.7 Å². The molecule has 238 valence electrons. The molecule has 2 aromatic heterocycles. The number of methoxy groups -OCH3 is 1. The molecule has 1 aliphatic rings. The minimum absolute atomic E-state index is 0.120. The lowest BCUT2D eigenvalue weighted by atomic mass is 9.96. The van der Waals surface area contributed by atoms with E-state index in [0.717, 1.165) is 16.1 Å². The Hall–Kier alpha value is -5.27. The van der Waals surface area contributed by atoms with Crippen molar-refractivity contribution in [3.05, 3.63) is 131 Å². The van der Waals surface area contributed by atoms with Crippen LogP contribution in [0.2, 0.25) is 0 Å². The van der Waals surface area contributed by atoms with Crippen molar-refractivity contribution in [2.45, 2.75) is 24.8 Å². The van der Waals surface area contributed by atoms with E-state index >= 15 is 0 Å². The Morgan fingerprint density at radius 1 is 1.13 bits per heavy atom. The third-order valence-corrected chi connectivity index (χ3v) is 9.37. The predicted octanol–water partition coefficient (Wildman–Crippen LogP) is 5.29. The molecule has 11 nitrogen and oxygen atoms in total. The van der Waals surface area contributed by atoms with Gasteiger partial charge in [0.1, 0.15) is 5.69 Å². The number of carbonyl (C=O) groups excluding carboxylic acids is 1. The first-order chi connectivity index (χ1) is 22.7. The number of hydrogen-bond donors (Lipinski definition) is 0. The molecule has 3 aromatic carbocycles. The number of thioether (sulfide) groups is 1. The summed E-state index contributed by atoms with van der Waals surface area (Å²) in [7, 11) is 1.37. The summed E-state index contributed by atoms with van der Waals surface area (Å²) in [5.74, 6) is -0.413. The Morgan fingerprint density at radius 3 is 2.53 bits per heavy atom. The smallest absolute Gasteiger partial charge is 0.338 e. The van der Waals surface area contributed by atoms with Crippen LogP contribution < -0.4 is 19.6 Å². The molecular weight excluding hydrogens is 639 g/mol. The van der Waals surface area contributed by atoms with Gasteiger partial charge in [0.05, 0.1) is 46.2 Å². The lowest BCUT2D eigenvalue weighted by Gasteiger charge is -2.24. The van der Waals surface area contributed by atoms with Gasteiger partial charge >= 0.3 is 11.7 Å². The van der Waals surface area contributed by atoms with Gasteiger partial charge in [0.2, 0.25) is 0 Å². The first kappa shape index (κ1) is 31.7. The molecule has 0 fully saturated rings. The van der Waals surface area contributed by atoms with E-state index in [9.17, 15) is 19.7 Å². The van der Waals surface area contributed by atoms with Crippen LogP contribution in [0.4, 0.5) is 5.69 Å². The van der Waals surface area contributed by atoms with E-state index in [1.54, 1.807) is 48.6 Å². The second-order valence-electron chi connectivity index (χ2n) is 10.4. The molecule has 3 heterocycles. The Balaban J connectivity index is 1.57. The molecule has 0 bridgehead atoms. The van der Waals surface area contributed by atoms with Gasteiger partial charge in [-0.2, -0.15) is 5.10 Å². The van der Waals surface area contributed by atoms with Gasteiger partial charge < -0.3 is 9.47 Å². The van der Waals surface area contributed by atoms with Crippen molar-refractivity contribution in [1.29, 1.82) is 0 Å². The number of esters is 1. The zero-order valence-electron chi connectivity index (χ0n) is 25.9. The number of para-hydroxylation sites is 1. The quantitative estimate of drug-likeness (QED) is 0.0897. The van der Waals surface area contributed by atoms with Crippen LogP contribution in [0, 0.1) is 10.1 Å². The van der Waals surface area contributed by atoms with Crippen molar-refractivity contribution in [3.8, 4) is 22.7 Å². The summed E-state index contributed by atoms with van der Waals surface area (Å²) in [4.78, 5) is 45.0. The van der Waals surface area contributed by atoms with Crippen molar-refractivity contribution >= 4 is 40.8 Å². The summed E-state index contributed by atoms with van der Waals surface area (Å²) >= 11 is 2.78. The fourth-order valence-corrected chi connectivity index (χ4v) is 6.89. The van der Waals surface area contributed by atoms with Gasteiger partial charge in [-0.3, -0.25) is 19.5 Å². The lowest BCUT2D eigenvalue weighted by Crippen LogP contribution is -2.39. The molecule has 0 radical (unpaired) electrons. The number of allylic oxidation sites excluding steroid dienone is 1. The minimum atomic E-state index is -0.751. The first-order valence-electron chi connectivity index (χ1n) is 14.6. The summed E-state index contributed by atoms with van der Waals surface area (Å²) in [6, 6.07) is 21.0. The number of thiazole rings is 1. The van der Waals surface area contributed by atoms with Crippen molar-refractivity contribution in [2.75, 3.05) is 20.0 Å². The molecule has 0 N–H and O–H groups in total. The van der Waals surface area contributed by atoms with Gasteiger partial charge in [-0.15, -0.1) is 11.8 Å². The van der Waals surface area contributed by atoms with Crippen molar-refractivity contribution < 1.29 is 19.2 Å². The SMILES string of the molecule is CCOC(=O)C1=C(C)N=c2sc(=Cc3cn(-c4ccccc4)nc3-c3ccc(OC)c([N+](=O)[O-])c3)c(=O)n2C1c1ccc(SC)cc1. The Morgan fingerprint density at radius 2 is 1.87 bits per heavy atom. The van der Waals surface area contributed by atoms with Crippen LogP contribution in [0.15, 0.2) is 105 Å². The van der Waals surface area contributed by atoms with Gasteiger partial charge in [0.25, 0.3) is 5.56 Å². The summed E-state index contributed by atoms with van der Waals surface area (Å²) in [6.07, 6.45) is 5.45. The molecule has 6 rings (SSSR count). The highest BCUT2D eigenvalue weighted by Gasteiger charge is 2.33. The molecule has 0 amide bonds. The molecule has 1 unspecified atom stereocenters. The summed E-state index contributed by atoms with van der Waals surface area (Å²) in [6.45, 7) is 3.65. The van der Waals surface area contributed by atoms with E-state index in [1.165, 1.54) is 35.1 Å². The number of nitro groups is 1. The van der Waals surface area contributed by atoms with Crippen LogP contribution in [0.5, 0.6) is 5.75 Å². The maximum absolute atomic E-state index is 14.3.